The van der Waals surface area contributed by atoms with E-state index in [0.717, 1.165) is 13.0 Å². The molecule has 0 bridgehead atoms. The lowest BCUT2D eigenvalue weighted by Crippen LogP contribution is -2.14. The van der Waals surface area contributed by atoms with E-state index in [9.17, 15) is 0 Å². The van der Waals surface area contributed by atoms with Crippen LogP contribution in [0.4, 0.5) is 0 Å². The maximum atomic E-state index is 5.28. The Hall–Kier alpha value is -0.120. The van der Waals surface area contributed by atoms with Gasteiger partial charge in [0, 0.05) is 20.3 Å². The first-order chi connectivity index (χ1) is 5.31. The molecule has 0 aromatic heterocycles. The molecule has 0 aliphatic heterocycles. The minimum absolute atomic E-state index is 0.0862. The number of methoxy groups -OCH3 is 1. The molecule has 11 heavy (non-hydrogen) atoms. The van der Waals surface area contributed by atoms with Crippen LogP contribution in [0, 0.1) is 0 Å². The molecular weight excluding hydrogens is 144 g/mol. The van der Waals surface area contributed by atoms with Crippen LogP contribution in [0.3, 0.4) is 0 Å². The first-order valence-electron chi connectivity index (χ1n) is 4.03. The van der Waals surface area contributed by atoms with Crippen LogP contribution >= 0.6 is 0 Å². The van der Waals surface area contributed by atoms with Crippen LogP contribution in [0.15, 0.2) is 0 Å². The third-order valence-corrected chi connectivity index (χ3v) is 1.25. The Morgan fingerprint density at radius 3 is 2.45 bits per heavy atom. The van der Waals surface area contributed by atoms with Crippen LogP contribution < -0.4 is 0 Å². The Balaban J connectivity index is 2.97. The molecule has 0 amide bonds. The monoisotopic (exact) mass is 162 g/mol. The van der Waals surface area contributed by atoms with Crippen LogP contribution in [-0.4, -0.2) is 33.2 Å². The summed E-state index contributed by atoms with van der Waals surface area (Å²) in [6, 6.07) is 0. The van der Waals surface area contributed by atoms with Gasteiger partial charge in [-0.1, -0.05) is 0 Å². The first kappa shape index (κ1) is 10.9. The molecule has 0 radical (unpaired) electrons. The Kier molecular flexibility index (Phi) is 7.89. The molecule has 3 heteroatoms. The van der Waals surface area contributed by atoms with Crippen molar-refractivity contribution in [2.24, 2.45) is 0 Å². The standard InChI is InChI=1S/C8H18O3/c1-4-10-8(2)11-7-5-6-9-3/h8H,4-7H2,1-3H3. The lowest BCUT2D eigenvalue weighted by atomic mass is 10.5. The molecule has 1 atom stereocenters. The van der Waals surface area contributed by atoms with Crippen molar-refractivity contribution in [3.05, 3.63) is 0 Å². The SMILES string of the molecule is CCOC(C)OCCCOC. The summed E-state index contributed by atoms with van der Waals surface area (Å²) in [6.07, 6.45) is 0.838. The van der Waals surface area contributed by atoms with Gasteiger partial charge in [0.2, 0.25) is 0 Å². The van der Waals surface area contributed by atoms with Crippen LogP contribution in [0.2, 0.25) is 0 Å². The second-order valence-electron chi connectivity index (χ2n) is 2.24. The summed E-state index contributed by atoms with van der Waals surface area (Å²) >= 11 is 0. The van der Waals surface area contributed by atoms with Crippen molar-refractivity contribution in [3.63, 3.8) is 0 Å². The van der Waals surface area contributed by atoms with Gasteiger partial charge in [-0.3, -0.25) is 0 Å². The van der Waals surface area contributed by atoms with Gasteiger partial charge in [0.15, 0.2) is 6.29 Å². The predicted molar refractivity (Wildman–Crippen MR) is 43.5 cm³/mol. The highest BCUT2D eigenvalue weighted by Gasteiger charge is 1.98. The molecule has 0 aromatic rings. The van der Waals surface area contributed by atoms with Gasteiger partial charge in [-0.2, -0.15) is 0 Å². The molecule has 1 unspecified atom stereocenters. The largest absolute Gasteiger partial charge is 0.385 e. The highest BCUT2D eigenvalue weighted by atomic mass is 16.7. The number of ether oxygens (including phenoxy) is 3. The summed E-state index contributed by atoms with van der Waals surface area (Å²) in [5.41, 5.74) is 0. The van der Waals surface area contributed by atoms with E-state index in [1.807, 2.05) is 13.8 Å². The minimum Gasteiger partial charge on any atom is -0.385 e. The van der Waals surface area contributed by atoms with Gasteiger partial charge in [0.25, 0.3) is 0 Å². The van der Waals surface area contributed by atoms with Gasteiger partial charge < -0.3 is 14.2 Å². The number of hydrogen-bond acceptors (Lipinski definition) is 3. The van der Waals surface area contributed by atoms with Gasteiger partial charge >= 0.3 is 0 Å². The van der Waals surface area contributed by atoms with Crippen molar-refractivity contribution in [2.75, 3.05) is 26.9 Å². The quantitative estimate of drug-likeness (QED) is 0.418. The average Bonchev–Trinajstić information content (AvgIpc) is 1.99. The summed E-state index contributed by atoms with van der Waals surface area (Å²) in [7, 11) is 1.69. The van der Waals surface area contributed by atoms with Crippen LogP contribution in [0.25, 0.3) is 0 Å². The predicted octanol–water partition coefficient (Wildman–Crippen LogP) is 1.42. The highest BCUT2D eigenvalue weighted by molar-refractivity contribution is 4.35. The summed E-state index contributed by atoms with van der Waals surface area (Å²) in [5, 5.41) is 0. The summed E-state index contributed by atoms with van der Waals surface area (Å²) in [4.78, 5) is 0. The fraction of sp³-hybridized carbons (Fsp3) is 1.00. The van der Waals surface area contributed by atoms with Gasteiger partial charge in [-0.05, 0) is 20.3 Å². The Morgan fingerprint density at radius 1 is 1.18 bits per heavy atom. The molecule has 3 nitrogen and oxygen atoms in total. The molecule has 0 saturated carbocycles. The van der Waals surface area contributed by atoms with Crippen molar-refractivity contribution in [3.8, 4) is 0 Å². The van der Waals surface area contributed by atoms with Gasteiger partial charge in [0.1, 0.15) is 0 Å². The Morgan fingerprint density at radius 2 is 1.91 bits per heavy atom. The zero-order chi connectivity index (χ0) is 8.53. The summed E-state index contributed by atoms with van der Waals surface area (Å²) < 4.78 is 15.3. The van der Waals surface area contributed by atoms with E-state index in [4.69, 9.17) is 14.2 Å². The van der Waals surface area contributed by atoms with Crippen molar-refractivity contribution in [1.29, 1.82) is 0 Å². The fourth-order valence-electron chi connectivity index (χ4n) is 0.735. The zero-order valence-electron chi connectivity index (χ0n) is 7.63. The zero-order valence-corrected chi connectivity index (χ0v) is 7.63. The average molecular weight is 162 g/mol. The van der Waals surface area contributed by atoms with E-state index < -0.39 is 0 Å². The van der Waals surface area contributed by atoms with Crippen molar-refractivity contribution in [2.45, 2.75) is 26.6 Å². The molecule has 0 aliphatic rings. The topological polar surface area (TPSA) is 27.7 Å². The molecule has 0 fully saturated rings. The van der Waals surface area contributed by atoms with Crippen LogP contribution in [-0.2, 0) is 14.2 Å². The Bertz CT molecular complexity index is 75.7. The van der Waals surface area contributed by atoms with Crippen molar-refractivity contribution >= 4 is 0 Å². The van der Waals surface area contributed by atoms with E-state index in [2.05, 4.69) is 0 Å². The van der Waals surface area contributed by atoms with E-state index in [-0.39, 0.29) is 6.29 Å². The second kappa shape index (κ2) is 7.98. The fourth-order valence-corrected chi connectivity index (χ4v) is 0.735. The van der Waals surface area contributed by atoms with Crippen molar-refractivity contribution in [1.82, 2.24) is 0 Å². The van der Waals surface area contributed by atoms with E-state index in [1.165, 1.54) is 0 Å². The lowest BCUT2D eigenvalue weighted by molar-refractivity contribution is -0.129. The molecular formula is C8H18O3. The van der Waals surface area contributed by atoms with Crippen LogP contribution in [0.5, 0.6) is 0 Å². The molecule has 0 spiro atoms. The number of rotatable bonds is 7. The first-order valence-corrected chi connectivity index (χ1v) is 4.03. The molecule has 0 heterocycles. The highest BCUT2D eigenvalue weighted by Crippen LogP contribution is 1.94. The Labute approximate surface area is 68.6 Å². The van der Waals surface area contributed by atoms with E-state index in [1.54, 1.807) is 7.11 Å². The third kappa shape index (κ3) is 7.78. The summed E-state index contributed by atoms with van der Waals surface area (Å²) in [6.45, 7) is 6.00. The molecule has 0 rings (SSSR count). The van der Waals surface area contributed by atoms with Crippen LogP contribution in [0.1, 0.15) is 20.3 Å². The van der Waals surface area contributed by atoms with Gasteiger partial charge in [-0.25, -0.2) is 0 Å². The maximum Gasteiger partial charge on any atom is 0.154 e. The second-order valence-corrected chi connectivity index (χ2v) is 2.24. The molecule has 0 aliphatic carbocycles. The molecule has 0 aromatic carbocycles. The maximum absolute atomic E-state index is 5.28. The third-order valence-electron chi connectivity index (χ3n) is 1.25. The molecule has 0 saturated heterocycles. The van der Waals surface area contributed by atoms with E-state index in [0.29, 0.717) is 13.2 Å². The van der Waals surface area contributed by atoms with Crippen molar-refractivity contribution < 1.29 is 14.2 Å². The molecule has 0 N–H and O–H groups in total. The summed E-state index contributed by atoms with van der Waals surface area (Å²) in [5.74, 6) is 0. The van der Waals surface area contributed by atoms with Gasteiger partial charge in [0.05, 0.1) is 6.61 Å². The molecule has 68 valence electrons. The lowest BCUT2D eigenvalue weighted by Gasteiger charge is -2.11. The normalized spacial score (nSPS) is 13.4. The number of hydrogen-bond donors (Lipinski definition) is 0. The van der Waals surface area contributed by atoms with Gasteiger partial charge in [-0.15, -0.1) is 0 Å². The van der Waals surface area contributed by atoms with E-state index >= 15 is 0 Å². The smallest absolute Gasteiger partial charge is 0.154 e. The minimum atomic E-state index is -0.0862.